The number of halogens is 5. The predicted octanol–water partition coefficient (Wildman–Crippen LogP) is 5.02. The predicted molar refractivity (Wildman–Crippen MR) is 116 cm³/mol. The van der Waals surface area contributed by atoms with E-state index in [-0.39, 0.29) is 30.4 Å². The molecule has 1 saturated heterocycles. The molecule has 168 valence electrons. The zero-order chi connectivity index (χ0) is 20.0. The molecule has 0 saturated carbocycles. The van der Waals surface area contributed by atoms with Gasteiger partial charge in [-0.25, -0.2) is 0 Å². The van der Waals surface area contributed by atoms with Gasteiger partial charge in [-0.15, -0.1) is 24.8 Å². The summed E-state index contributed by atoms with van der Waals surface area (Å²) in [6.07, 6.45) is -4.37. The van der Waals surface area contributed by atoms with Crippen molar-refractivity contribution < 1.29 is 22.6 Å². The molecule has 2 aromatic carbocycles. The molecule has 1 aliphatic heterocycles. The van der Waals surface area contributed by atoms with Crippen molar-refractivity contribution in [2.45, 2.75) is 25.7 Å². The van der Waals surface area contributed by atoms with Gasteiger partial charge in [-0.1, -0.05) is 36.4 Å². The molecule has 0 aliphatic carbocycles. The van der Waals surface area contributed by atoms with E-state index in [2.05, 4.69) is 5.32 Å². The molecule has 9 heteroatoms. The van der Waals surface area contributed by atoms with Crippen LogP contribution in [-0.2, 0) is 6.61 Å². The van der Waals surface area contributed by atoms with E-state index in [1.807, 2.05) is 30.3 Å². The highest BCUT2D eigenvalue weighted by molar-refractivity contribution is 5.85. The number of piperazine rings is 1. The lowest BCUT2D eigenvalue weighted by Crippen LogP contribution is -2.49. The molecule has 0 amide bonds. The van der Waals surface area contributed by atoms with Crippen LogP contribution in [0.15, 0.2) is 48.5 Å². The van der Waals surface area contributed by atoms with E-state index in [0.717, 1.165) is 5.56 Å². The fraction of sp³-hybridized carbons (Fsp3) is 0.429. The highest BCUT2D eigenvalue weighted by Crippen LogP contribution is 2.41. The molecular formula is C21H27Cl2F3N2O2. The van der Waals surface area contributed by atoms with Gasteiger partial charge in [-0.05, 0) is 30.2 Å². The van der Waals surface area contributed by atoms with Crippen LogP contribution >= 0.6 is 24.8 Å². The Hall–Kier alpha value is -1.67. The van der Waals surface area contributed by atoms with Crippen LogP contribution in [0.25, 0.3) is 0 Å². The lowest BCUT2D eigenvalue weighted by molar-refractivity contribution is -0.187. The summed E-state index contributed by atoms with van der Waals surface area (Å²) in [6.45, 7) is 4.24. The Morgan fingerprint density at radius 3 is 2.23 bits per heavy atom. The van der Waals surface area contributed by atoms with E-state index in [0.29, 0.717) is 50.9 Å². The maximum absolute atomic E-state index is 13.8. The molecule has 1 atom stereocenters. The summed E-state index contributed by atoms with van der Waals surface area (Å²) >= 11 is 0. The van der Waals surface area contributed by atoms with Gasteiger partial charge in [-0.3, -0.25) is 4.90 Å². The minimum atomic E-state index is -4.37. The van der Waals surface area contributed by atoms with Crippen molar-refractivity contribution >= 4 is 24.8 Å². The SMILES string of the molecule is CCOc1cc([C@H](N2CCNCC2)C(F)(F)F)ccc1OCc1ccccc1.Cl.Cl. The van der Waals surface area contributed by atoms with Gasteiger partial charge >= 0.3 is 6.18 Å². The molecule has 0 radical (unpaired) electrons. The Labute approximate surface area is 187 Å². The average molecular weight is 467 g/mol. The lowest BCUT2D eigenvalue weighted by atomic mass is 10.0. The average Bonchev–Trinajstić information content (AvgIpc) is 2.68. The first-order valence-corrected chi connectivity index (χ1v) is 9.44. The number of nitrogens with zero attached hydrogens (tertiary/aromatic N) is 1. The van der Waals surface area contributed by atoms with E-state index in [4.69, 9.17) is 9.47 Å². The van der Waals surface area contributed by atoms with E-state index in [1.165, 1.54) is 17.0 Å². The summed E-state index contributed by atoms with van der Waals surface area (Å²) in [5, 5.41) is 3.09. The second-order valence-corrected chi connectivity index (χ2v) is 6.64. The van der Waals surface area contributed by atoms with E-state index in [9.17, 15) is 13.2 Å². The first kappa shape index (κ1) is 26.4. The van der Waals surface area contributed by atoms with Crippen LogP contribution in [0.5, 0.6) is 11.5 Å². The van der Waals surface area contributed by atoms with Crippen LogP contribution in [0.1, 0.15) is 24.1 Å². The number of benzene rings is 2. The Balaban J connectivity index is 0.00000225. The Bertz CT molecular complexity index is 758. The molecular weight excluding hydrogens is 440 g/mol. The third kappa shape index (κ3) is 6.94. The van der Waals surface area contributed by atoms with Crippen molar-refractivity contribution in [3.8, 4) is 11.5 Å². The van der Waals surface area contributed by atoms with Crippen molar-refractivity contribution in [3.05, 3.63) is 59.7 Å². The lowest BCUT2D eigenvalue weighted by Gasteiger charge is -2.36. The second-order valence-electron chi connectivity index (χ2n) is 6.64. The van der Waals surface area contributed by atoms with Crippen LogP contribution < -0.4 is 14.8 Å². The summed E-state index contributed by atoms with van der Waals surface area (Å²) in [4.78, 5) is 1.46. The number of hydrogen-bond acceptors (Lipinski definition) is 4. The van der Waals surface area contributed by atoms with Crippen molar-refractivity contribution in [3.63, 3.8) is 0 Å². The molecule has 0 bridgehead atoms. The summed E-state index contributed by atoms with van der Waals surface area (Å²) in [6, 6.07) is 12.5. The van der Waals surface area contributed by atoms with Gasteiger partial charge in [0.25, 0.3) is 0 Å². The molecule has 3 rings (SSSR count). The molecule has 1 fully saturated rings. The molecule has 0 unspecified atom stereocenters. The third-order valence-corrected chi connectivity index (χ3v) is 4.65. The van der Waals surface area contributed by atoms with Crippen LogP contribution in [0.4, 0.5) is 13.2 Å². The zero-order valence-electron chi connectivity index (χ0n) is 16.7. The van der Waals surface area contributed by atoms with Gasteiger partial charge < -0.3 is 14.8 Å². The number of rotatable bonds is 7. The van der Waals surface area contributed by atoms with Crippen molar-refractivity contribution in [1.82, 2.24) is 10.2 Å². The second kappa shape index (κ2) is 12.2. The smallest absolute Gasteiger partial charge is 0.408 e. The zero-order valence-corrected chi connectivity index (χ0v) is 18.3. The third-order valence-electron chi connectivity index (χ3n) is 4.65. The highest BCUT2D eigenvalue weighted by atomic mass is 35.5. The first-order valence-electron chi connectivity index (χ1n) is 9.44. The Morgan fingerprint density at radius 1 is 0.967 bits per heavy atom. The topological polar surface area (TPSA) is 33.7 Å². The maximum atomic E-state index is 13.8. The molecule has 2 aromatic rings. The van der Waals surface area contributed by atoms with E-state index in [1.54, 1.807) is 13.0 Å². The molecule has 30 heavy (non-hydrogen) atoms. The normalized spacial score (nSPS) is 15.5. The Morgan fingerprint density at radius 2 is 1.63 bits per heavy atom. The molecule has 0 spiro atoms. The van der Waals surface area contributed by atoms with Gasteiger partial charge in [0.1, 0.15) is 12.6 Å². The van der Waals surface area contributed by atoms with Gasteiger partial charge in [-0.2, -0.15) is 13.2 Å². The van der Waals surface area contributed by atoms with E-state index >= 15 is 0 Å². The van der Waals surface area contributed by atoms with Crippen molar-refractivity contribution in [2.24, 2.45) is 0 Å². The molecule has 1 heterocycles. The fourth-order valence-electron chi connectivity index (χ4n) is 3.36. The van der Waals surface area contributed by atoms with Gasteiger partial charge in [0.15, 0.2) is 11.5 Å². The highest BCUT2D eigenvalue weighted by Gasteiger charge is 2.45. The summed E-state index contributed by atoms with van der Waals surface area (Å²) in [5.74, 6) is 0.774. The number of alkyl halides is 3. The number of hydrogen-bond donors (Lipinski definition) is 1. The van der Waals surface area contributed by atoms with E-state index < -0.39 is 12.2 Å². The van der Waals surface area contributed by atoms with Gasteiger partial charge in [0.2, 0.25) is 0 Å². The molecule has 0 aromatic heterocycles. The number of nitrogens with one attached hydrogen (secondary N) is 1. The fourth-order valence-corrected chi connectivity index (χ4v) is 3.36. The monoisotopic (exact) mass is 466 g/mol. The summed E-state index contributed by atoms with van der Waals surface area (Å²) < 4.78 is 52.9. The quantitative estimate of drug-likeness (QED) is 0.621. The number of ether oxygens (including phenoxy) is 2. The minimum Gasteiger partial charge on any atom is -0.490 e. The minimum absolute atomic E-state index is 0. The van der Waals surface area contributed by atoms with Crippen LogP contribution in [0.3, 0.4) is 0 Å². The van der Waals surface area contributed by atoms with Crippen LogP contribution in [-0.4, -0.2) is 43.9 Å². The largest absolute Gasteiger partial charge is 0.490 e. The van der Waals surface area contributed by atoms with Gasteiger partial charge in [0.05, 0.1) is 6.61 Å². The van der Waals surface area contributed by atoms with Gasteiger partial charge in [0, 0.05) is 26.2 Å². The summed E-state index contributed by atoms with van der Waals surface area (Å²) in [7, 11) is 0. The molecule has 1 N–H and O–H groups in total. The Kier molecular flexibility index (Phi) is 10.8. The molecule has 1 aliphatic rings. The van der Waals surface area contributed by atoms with Crippen LogP contribution in [0.2, 0.25) is 0 Å². The standard InChI is InChI=1S/C21H25F3N2O2.2ClH/c1-2-27-19-14-17(20(21(22,23)24)26-12-10-25-11-13-26)8-9-18(19)28-15-16-6-4-3-5-7-16;;/h3-9,14,20,25H,2,10-13,15H2,1H3;2*1H/t20-;;/m0../s1. The summed E-state index contributed by atoms with van der Waals surface area (Å²) in [5.41, 5.74) is 1.15. The van der Waals surface area contributed by atoms with Crippen LogP contribution in [0, 0.1) is 0 Å². The maximum Gasteiger partial charge on any atom is 0.408 e. The van der Waals surface area contributed by atoms with Crippen molar-refractivity contribution in [1.29, 1.82) is 0 Å². The molecule has 4 nitrogen and oxygen atoms in total. The van der Waals surface area contributed by atoms with Crippen molar-refractivity contribution in [2.75, 3.05) is 32.8 Å². The first-order chi connectivity index (χ1) is 13.5.